The number of H-pyrrole nitrogens is 1. The number of hydrogen-bond acceptors (Lipinski definition) is 4. The monoisotopic (exact) mass is 212 g/mol. The van der Waals surface area contributed by atoms with Gasteiger partial charge < -0.3 is 9.17 Å². The van der Waals surface area contributed by atoms with Crippen molar-refractivity contribution in [2.75, 3.05) is 6.26 Å². The highest BCUT2D eigenvalue weighted by atomic mass is 32.2. The summed E-state index contributed by atoms with van der Waals surface area (Å²) in [6.07, 6.45) is 0.972. The van der Waals surface area contributed by atoms with Gasteiger partial charge in [0.05, 0.1) is 17.3 Å². The molecular formula is C8H8N2O3S. The van der Waals surface area contributed by atoms with Gasteiger partial charge in [-0.05, 0) is 12.1 Å². The molecule has 14 heavy (non-hydrogen) atoms. The Bertz CT molecular complexity index is 526. The minimum Gasteiger partial charge on any atom is -0.345 e. The van der Waals surface area contributed by atoms with E-state index in [9.17, 15) is 8.42 Å². The molecule has 0 bridgehead atoms. The first-order valence-electron chi connectivity index (χ1n) is 3.89. The third kappa shape index (κ3) is 1.85. The molecule has 0 aliphatic carbocycles. The summed E-state index contributed by atoms with van der Waals surface area (Å²) in [6, 6.07) is 7.19. The molecule has 0 amide bonds. The minimum atomic E-state index is -3.52. The SMILES string of the molecule is CS(=O)(=O)Oc1nc2ccccc2[nH]1. The molecule has 6 heteroatoms. The predicted octanol–water partition coefficient (Wildman–Crippen LogP) is 0.901. The smallest absolute Gasteiger partial charge is 0.311 e. The van der Waals surface area contributed by atoms with Gasteiger partial charge in [0.2, 0.25) is 0 Å². The Morgan fingerprint density at radius 3 is 2.71 bits per heavy atom. The molecule has 1 heterocycles. The molecule has 0 saturated carbocycles. The zero-order valence-corrected chi connectivity index (χ0v) is 8.21. The Kier molecular flexibility index (Phi) is 1.92. The van der Waals surface area contributed by atoms with Crippen LogP contribution in [0.3, 0.4) is 0 Å². The maximum atomic E-state index is 10.8. The summed E-state index contributed by atoms with van der Waals surface area (Å²) in [5, 5.41) is 0. The first-order chi connectivity index (χ1) is 6.54. The van der Waals surface area contributed by atoms with E-state index in [0.29, 0.717) is 5.52 Å². The lowest BCUT2D eigenvalue weighted by molar-refractivity contribution is 0.475. The molecule has 1 N–H and O–H groups in total. The van der Waals surface area contributed by atoms with Crippen molar-refractivity contribution >= 4 is 21.2 Å². The number of nitrogens with zero attached hydrogens (tertiary/aromatic N) is 1. The first-order valence-corrected chi connectivity index (χ1v) is 5.70. The highest BCUT2D eigenvalue weighted by molar-refractivity contribution is 7.86. The molecule has 0 saturated heterocycles. The maximum absolute atomic E-state index is 10.8. The summed E-state index contributed by atoms with van der Waals surface area (Å²) in [6.45, 7) is 0. The van der Waals surface area contributed by atoms with Crippen molar-refractivity contribution in [3.8, 4) is 6.01 Å². The van der Waals surface area contributed by atoms with Crippen molar-refractivity contribution in [3.63, 3.8) is 0 Å². The summed E-state index contributed by atoms with van der Waals surface area (Å²) in [7, 11) is -3.52. The molecule has 2 rings (SSSR count). The van der Waals surface area contributed by atoms with Gasteiger partial charge in [-0.1, -0.05) is 12.1 Å². The van der Waals surface area contributed by atoms with Crippen molar-refractivity contribution in [1.29, 1.82) is 0 Å². The molecule has 0 atom stereocenters. The summed E-state index contributed by atoms with van der Waals surface area (Å²) < 4.78 is 26.2. The Morgan fingerprint density at radius 1 is 1.36 bits per heavy atom. The molecular weight excluding hydrogens is 204 g/mol. The summed E-state index contributed by atoms with van der Waals surface area (Å²) >= 11 is 0. The molecule has 0 fully saturated rings. The second kappa shape index (κ2) is 2.98. The van der Waals surface area contributed by atoms with Crippen molar-refractivity contribution in [2.45, 2.75) is 0 Å². The van der Waals surface area contributed by atoms with Crippen LogP contribution in [0.25, 0.3) is 11.0 Å². The van der Waals surface area contributed by atoms with Crippen LogP contribution < -0.4 is 4.18 Å². The molecule has 1 aromatic heterocycles. The van der Waals surface area contributed by atoms with E-state index in [2.05, 4.69) is 14.2 Å². The van der Waals surface area contributed by atoms with Gasteiger partial charge >= 0.3 is 16.1 Å². The van der Waals surface area contributed by atoms with Crippen molar-refractivity contribution in [3.05, 3.63) is 24.3 Å². The van der Waals surface area contributed by atoms with E-state index < -0.39 is 10.1 Å². The normalized spacial score (nSPS) is 11.8. The van der Waals surface area contributed by atoms with Crippen molar-refractivity contribution < 1.29 is 12.6 Å². The maximum Gasteiger partial charge on any atom is 0.311 e. The number of aromatic amines is 1. The number of nitrogens with one attached hydrogen (secondary N) is 1. The largest absolute Gasteiger partial charge is 0.345 e. The Balaban J connectivity index is 2.46. The van der Waals surface area contributed by atoms with E-state index in [0.717, 1.165) is 11.8 Å². The number of para-hydroxylation sites is 2. The molecule has 2 aromatic rings. The number of benzene rings is 1. The third-order valence-electron chi connectivity index (χ3n) is 1.60. The van der Waals surface area contributed by atoms with Gasteiger partial charge in [-0.15, -0.1) is 0 Å². The predicted molar refractivity (Wildman–Crippen MR) is 51.6 cm³/mol. The lowest BCUT2D eigenvalue weighted by Gasteiger charge is -1.94. The second-order valence-electron chi connectivity index (χ2n) is 2.85. The molecule has 74 valence electrons. The van der Waals surface area contributed by atoms with E-state index in [1.807, 2.05) is 12.1 Å². The zero-order valence-electron chi connectivity index (χ0n) is 7.39. The number of aromatic nitrogens is 2. The fourth-order valence-electron chi connectivity index (χ4n) is 1.11. The highest BCUT2D eigenvalue weighted by Gasteiger charge is 2.08. The molecule has 0 aliphatic heterocycles. The van der Waals surface area contributed by atoms with E-state index >= 15 is 0 Å². The van der Waals surface area contributed by atoms with E-state index in [4.69, 9.17) is 0 Å². The van der Waals surface area contributed by atoms with Crippen LogP contribution in [-0.4, -0.2) is 24.6 Å². The van der Waals surface area contributed by atoms with Gasteiger partial charge in [-0.3, -0.25) is 0 Å². The lowest BCUT2D eigenvalue weighted by atomic mass is 10.3. The van der Waals surface area contributed by atoms with Crippen LogP contribution in [0.1, 0.15) is 0 Å². The van der Waals surface area contributed by atoms with Crippen LogP contribution in [0.5, 0.6) is 6.01 Å². The van der Waals surface area contributed by atoms with E-state index in [1.165, 1.54) is 0 Å². The fraction of sp³-hybridized carbons (Fsp3) is 0.125. The standard InChI is InChI=1S/C8H8N2O3S/c1-14(11,12)13-8-9-6-4-2-3-5-7(6)10-8/h2-5H,1H3,(H,9,10). The lowest BCUT2D eigenvalue weighted by Crippen LogP contribution is -2.06. The van der Waals surface area contributed by atoms with Gasteiger partial charge in [-0.25, -0.2) is 0 Å². The van der Waals surface area contributed by atoms with E-state index in [1.54, 1.807) is 12.1 Å². The summed E-state index contributed by atoms with van der Waals surface area (Å²) in [5.41, 5.74) is 1.41. The molecule has 0 aliphatic rings. The zero-order chi connectivity index (χ0) is 10.2. The fourth-order valence-corrected chi connectivity index (χ4v) is 1.48. The summed E-state index contributed by atoms with van der Waals surface area (Å²) in [4.78, 5) is 6.68. The van der Waals surface area contributed by atoms with Gasteiger partial charge in [-0.2, -0.15) is 13.4 Å². The minimum absolute atomic E-state index is 0.00583. The Morgan fingerprint density at radius 2 is 2.07 bits per heavy atom. The molecule has 1 aromatic carbocycles. The Labute approximate surface area is 80.9 Å². The number of rotatable bonds is 2. The topological polar surface area (TPSA) is 72.1 Å². The van der Waals surface area contributed by atoms with E-state index in [-0.39, 0.29) is 6.01 Å². The van der Waals surface area contributed by atoms with Crippen LogP contribution in [0, 0.1) is 0 Å². The van der Waals surface area contributed by atoms with Gasteiger partial charge in [0, 0.05) is 0 Å². The number of imidazole rings is 1. The number of hydrogen-bond donors (Lipinski definition) is 1. The first kappa shape index (κ1) is 9.01. The quantitative estimate of drug-likeness (QED) is 0.751. The van der Waals surface area contributed by atoms with Gasteiger partial charge in [0.1, 0.15) is 0 Å². The van der Waals surface area contributed by atoms with Crippen LogP contribution in [0.15, 0.2) is 24.3 Å². The van der Waals surface area contributed by atoms with Crippen molar-refractivity contribution in [2.24, 2.45) is 0 Å². The third-order valence-corrected chi connectivity index (χ3v) is 2.06. The van der Waals surface area contributed by atoms with Gasteiger partial charge in [0.15, 0.2) is 0 Å². The Hall–Kier alpha value is -1.56. The second-order valence-corrected chi connectivity index (χ2v) is 4.42. The molecule has 0 unspecified atom stereocenters. The van der Waals surface area contributed by atoms with Crippen LogP contribution in [0.2, 0.25) is 0 Å². The average molecular weight is 212 g/mol. The van der Waals surface area contributed by atoms with Crippen LogP contribution in [0.4, 0.5) is 0 Å². The molecule has 0 spiro atoms. The molecule has 0 radical (unpaired) electrons. The average Bonchev–Trinajstić information content (AvgIpc) is 2.42. The molecule has 5 nitrogen and oxygen atoms in total. The highest BCUT2D eigenvalue weighted by Crippen LogP contribution is 2.15. The number of fused-ring (bicyclic) bond motifs is 1. The van der Waals surface area contributed by atoms with Crippen LogP contribution >= 0.6 is 0 Å². The van der Waals surface area contributed by atoms with Crippen LogP contribution in [-0.2, 0) is 10.1 Å². The van der Waals surface area contributed by atoms with Crippen molar-refractivity contribution in [1.82, 2.24) is 9.97 Å². The summed E-state index contributed by atoms with van der Waals surface area (Å²) in [5.74, 6) is 0. The van der Waals surface area contributed by atoms with Gasteiger partial charge in [0.25, 0.3) is 0 Å².